The van der Waals surface area contributed by atoms with E-state index in [0.717, 1.165) is 4.31 Å². The van der Waals surface area contributed by atoms with Gasteiger partial charge in [0.1, 0.15) is 11.0 Å². The molecular weight excluding hydrogens is 280 g/mol. The quantitative estimate of drug-likeness (QED) is 0.798. The lowest BCUT2D eigenvalue weighted by Gasteiger charge is -2.22. The minimum absolute atomic E-state index is 0.00586. The average molecular weight is 296 g/mol. The Labute approximate surface area is 118 Å². The fourth-order valence-corrected chi connectivity index (χ4v) is 3.31. The molecule has 0 aromatic carbocycles. The summed E-state index contributed by atoms with van der Waals surface area (Å²) in [5.74, 6) is -0.747. The van der Waals surface area contributed by atoms with Gasteiger partial charge in [-0.1, -0.05) is 13.8 Å². The van der Waals surface area contributed by atoms with E-state index in [0.29, 0.717) is 0 Å². The Hall–Kier alpha value is -1.98. The first-order valence-electron chi connectivity index (χ1n) is 5.92. The number of amides is 1. The Morgan fingerprint density at radius 2 is 2.20 bits per heavy atom. The van der Waals surface area contributed by atoms with Crippen molar-refractivity contribution < 1.29 is 13.2 Å². The zero-order chi connectivity index (χ0) is 15.3. The first-order valence-corrected chi connectivity index (χ1v) is 7.36. The monoisotopic (exact) mass is 296 g/mol. The largest absolute Gasteiger partial charge is 0.369 e. The Kier molecular flexibility index (Phi) is 5.19. The molecule has 8 heteroatoms. The van der Waals surface area contributed by atoms with E-state index in [1.807, 2.05) is 13.8 Å². The van der Waals surface area contributed by atoms with Gasteiger partial charge in [0.15, 0.2) is 5.69 Å². The summed E-state index contributed by atoms with van der Waals surface area (Å²) in [5.41, 5.74) is 4.89. The second-order valence-corrected chi connectivity index (χ2v) is 6.53. The van der Waals surface area contributed by atoms with E-state index in [2.05, 4.69) is 4.98 Å². The predicted octanol–water partition coefficient (Wildman–Crippen LogP) is 0.0853. The molecule has 0 aliphatic rings. The first-order chi connectivity index (χ1) is 9.28. The maximum atomic E-state index is 12.5. The number of carbonyl (C=O) groups excluding carboxylic acids is 1. The summed E-state index contributed by atoms with van der Waals surface area (Å²) in [4.78, 5) is 14.6. The van der Waals surface area contributed by atoms with E-state index in [4.69, 9.17) is 11.0 Å². The van der Waals surface area contributed by atoms with Gasteiger partial charge in [0.05, 0.1) is 6.54 Å². The molecule has 0 saturated heterocycles. The molecule has 7 nitrogen and oxygen atoms in total. The number of sulfonamides is 1. The minimum Gasteiger partial charge on any atom is -0.369 e. The van der Waals surface area contributed by atoms with Gasteiger partial charge >= 0.3 is 0 Å². The van der Waals surface area contributed by atoms with Crippen LogP contribution in [-0.4, -0.2) is 36.7 Å². The molecule has 0 unspecified atom stereocenters. The van der Waals surface area contributed by atoms with Crippen LogP contribution in [0.15, 0.2) is 23.2 Å². The molecule has 0 atom stereocenters. The lowest BCUT2D eigenvalue weighted by atomic mass is 10.2. The molecule has 1 aromatic rings. The number of carbonyl (C=O) groups is 1. The van der Waals surface area contributed by atoms with Crippen molar-refractivity contribution in [3.8, 4) is 6.07 Å². The number of hydrogen-bond acceptors (Lipinski definition) is 5. The molecule has 1 aromatic heterocycles. The van der Waals surface area contributed by atoms with Gasteiger partial charge in [-0.05, 0) is 18.1 Å². The number of nitriles is 1. The van der Waals surface area contributed by atoms with Gasteiger partial charge in [-0.2, -0.15) is 9.57 Å². The Balaban J connectivity index is 3.29. The summed E-state index contributed by atoms with van der Waals surface area (Å²) in [5, 5.41) is 8.94. The fourth-order valence-electron chi connectivity index (χ4n) is 1.65. The van der Waals surface area contributed by atoms with Gasteiger partial charge in [-0.15, -0.1) is 0 Å². The summed E-state index contributed by atoms with van der Waals surface area (Å²) in [6.07, 6.45) is 1.33. The zero-order valence-corrected chi connectivity index (χ0v) is 12.1. The molecule has 0 saturated carbocycles. The van der Waals surface area contributed by atoms with Crippen molar-refractivity contribution in [2.75, 3.05) is 13.1 Å². The molecule has 0 spiro atoms. The maximum Gasteiger partial charge on any atom is 0.246 e. The van der Waals surface area contributed by atoms with Crippen molar-refractivity contribution in [1.82, 2.24) is 9.29 Å². The van der Waals surface area contributed by atoms with Crippen LogP contribution >= 0.6 is 0 Å². The summed E-state index contributed by atoms with van der Waals surface area (Å²) in [6, 6.07) is 4.44. The van der Waals surface area contributed by atoms with Crippen LogP contribution in [0.4, 0.5) is 0 Å². The number of nitrogens with two attached hydrogens (primary N) is 1. The van der Waals surface area contributed by atoms with Crippen molar-refractivity contribution in [3.05, 3.63) is 24.0 Å². The van der Waals surface area contributed by atoms with Crippen LogP contribution in [-0.2, 0) is 14.8 Å². The van der Waals surface area contributed by atoms with Gasteiger partial charge in [-0.25, -0.2) is 13.4 Å². The fraction of sp³-hybridized carbons (Fsp3) is 0.417. The van der Waals surface area contributed by atoms with Crippen LogP contribution in [0.3, 0.4) is 0 Å². The first kappa shape index (κ1) is 16.1. The van der Waals surface area contributed by atoms with Gasteiger partial charge in [0.2, 0.25) is 15.9 Å². The number of aromatic nitrogens is 1. The summed E-state index contributed by atoms with van der Waals surface area (Å²) >= 11 is 0. The highest BCUT2D eigenvalue weighted by molar-refractivity contribution is 7.89. The van der Waals surface area contributed by atoms with E-state index in [1.54, 1.807) is 6.07 Å². The summed E-state index contributed by atoms with van der Waals surface area (Å²) in [6.45, 7) is 3.33. The van der Waals surface area contributed by atoms with Gasteiger partial charge in [0.25, 0.3) is 0 Å². The molecule has 1 rings (SSSR count). The number of rotatable bonds is 6. The van der Waals surface area contributed by atoms with E-state index in [-0.39, 0.29) is 23.1 Å². The topological polar surface area (TPSA) is 117 Å². The van der Waals surface area contributed by atoms with Crippen molar-refractivity contribution >= 4 is 15.9 Å². The van der Waals surface area contributed by atoms with E-state index < -0.39 is 22.5 Å². The average Bonchev–Trinajstić information content (AvgIpc) is 2.36. The third kappa shape index (κ3) is 3.76. The molecule has 0 radical (unpaired) electrons. The lowest BCUT2D eigenvalue weighted by molar-refractivity contribution is -0.118. The second-order valence-electron chi connectivity index (χ2n) is 4.62. The van der Waals surface area contributed by atoms with Crippen LogP contribution in [0, 0.1) is 17.2 Å². The highest BCUT2D eigenvalue weighted by Gasteiger charge is 2.29. The van der Waals surface area contributed by atoms with Gasteiger partial charge in [-0.3, -0.25) is 4.79 Å². The van der Waals surface area contributed by atoms with Gasteiger partial charge in [0, 0.05) is 12.7 Å². The number of nitrogens with zero attached hydrogens (tertiary/aromatic N) is 3. The van der Waals surface area contributed by atoms with Crippen LogP contribution in [0.5, 0.6) is 0 Å². The summed E-state index contributed by atoms with van der Waals surface area (Å²) in [7, 11) is -3.99. The molecule has 20 heavy (non-hydrogen) atoms. The molecule has 1 amide bonds. The van der Waals surface area contributed by atoms with E-state index in [1.165, 1.54) is 18.3 Å². The van der Waals surface area contributed by atoms with Crippen LogP contribution in [0.25, 0.3) is 0 Å². The van der Waals surface area contributed by atoms with Crippen molar-refractivity contribution in [2.24, 2.45) is 11.7 Å². The Bertz CT molecular complexity index is 634. The highest BCUT2D eigenvalue weighted by Crippen LogP contribution is 2.19. The van der Waals surface area contributed by atoms with Crippen molar-refractivity contribution in [2.45, 2.75) is 18.7 Å². The third-order valence-corrected chi connectivity index (χ3v) is 4.24. The second kappa shape index (κ2) is 6.45. The molecule has 0 aliphatic heterocycles. The third-order valence-electron chi connectivity index (χ3n) is 2.40. The summed E-state index contributed by atoms with van der Waals surface area (Å²) < 4.78 is 26.0. The highest BCUT2D eigenvalue weighted by atomic mass is 32.2. The Morgan fingerprint density at radius 3 is 2.70 bits per heavy atom. The normalized spacial score (nSPS) is 11.6. The van der Waals surface area contributed by atoms with Crippen molar-refractivity contribution in [1.29, 1.82) is 5.26 Å². The standard InChI is InChI=1S/C12H16N4O3S/c1-9(2)7-16(8-12(14)17)20(18,19)11-4-3-5-15-10(11)6-13/h3-5,9H,7-8H2,1-2H3,(H2,14,17). The number of hydrogen-bond donors (Lipinski definition) is 1. The molecule has 0 aliphatic carbocycles. The van der Waals surface area contributed by atoms with Crippen LogP contribution in [0.1, 0.15) is 19.5 Å². The van der Waals surface area contributed by atoms with E-state index in [9.17, 15) is 13.2 Å². The van der Waals surface area contributed by atoms with Crippen LogP contribution in [0.2, 0.25) is 0 Å². The van der Waals surface area contributed by atoms with Gasteiger partial charge < -0.3 is 5.73 Å². The van der Waals surface area contributed by atoms with Crippen molar-refractivity contribution in [3.63, 3.8) is 0 Å². The molecule has 1 heterocycles. The SMILES string of the molecule is CC(C)CN(CC(N)=O)S(=O)(=O)c1cccnc1C#N. The molecular formula is C12H16N4O3S. The smallest absolute Gasteiger partial charge is 0.246 e. The molecule has 0 bridgehead atoms. The Morgan fingerprint density at radius 1 is 1.55 bits per heavy atom. The predicted molar refractivity (Wildman–Crippen MR) is 71.7 cm³/mol. The van der Waals surface area contributed by atoms with Crippen LogP contribution < -0.4 is 5.73 Å². The molecule has 108 valence electrons. The molecule has 0 fully saturated rings. The maximum absolute atomic E-state index is 12.5. The molecule has 2 N–H and O–H groups in total. The zero-order valence-electron chi connectivity index (χ0n) is 11.3. The number of primary amides is 1. The minimum atomic E-state index is -3.99. The van der Waals surface area contributed by atoms with E-state index >= 15 is 0 Å². The number of pyridine rings is 1. The lowest BCUT2D eigenvalue weighted by Crippen LogP contribution is -2.40.